The molecule has 0 aliphatic carbocycles. The zero-order valence-electron chi connectivity index (χ0n) is 19.4. The topological polar surface area (TPSA) is 56.6 Å². The van der Waals surface area contributed by atoms with Crippen LogP contribution in [0.25, 0.3) is 16.9 Å². The number of carbonyl (C=O) groups excluding carboxylic acids is 1. The number of methoxy groups -OCH3 is 2. The third kappa shape index (κ3) is 5.24. The van der Waals surface area contributed by atoms with E-state index in [0.29, 0.717) is 23.1 Å². The van der Waals surface area contributed by atoms with Gasteiger partial charge in [0.15, 0.2) is 11.5 Å². The molecule has 1 heterocycles. The molecule has 0 saturated heterocycles. The molecule has 3 aromatic carbocycles. The van der Waals surface area contributed by atoms with Gasteiger partial charge in [-0.15, -0.1) is 0 Å². The van der Waals surface area contributed by atoms with E-state index in [0.717, 1.165) is 28.1 Å². The number of benzene rings is 3. The van der Waals surface area contributed by atoms with Gasteiger partial charge in [-0.2, -0.15) is 5.10 Å². The number of amides is 1. The number of hydrogen-bond donors (Lipinski definition) is 0. The van der Waals surface area contributed by atoms with Gasteiger partial charge in [-0.05, 0) is 42.0 Å². The van der Waals surface area contributed by atoms with Crippen LogP contribution in [0.1, 0.15) is 11.1 Å². The first kappa shape index (κ1) is 23.4. The monoisotopic (exact) mass is 475 g/mol. The van der Waals surface area contributed by atoms with Crippen molar-refractivity contribution in [3.05, 3.63) is 95.1 Å². The Kier molecular flexibility index (Phi) is 7.18. The second-order valence-corrected chi connectivity index (χ2v) is 8.34. The number of hydrogen-bond acceptors (Lipinski definition) is 4. The van der Waals surface area contributed by atoms with E-state index in [1.807, 2.05) is 79.0 Å². The molecule has 1 aromatic heterocycles. The van der Waals surface area contributed by atoms with Crippen molar-refractivity contribution in [2.24, 2.45) is 0 Å². The molecule has 0 bridgehead atoms. The van der Waals surface area contributed by atoms with Crippen LogP contribution < -0.4 is 9.47 Å². The van der Waals surface area contributed by atoms with Gasteiger partial charge in [0.1, 0.15) is 0 Å². The average Bonchev–Trinajstić information content (AvgIpc) is 3.28. The fourth-order valence-corrected chi connectivity index (χ4v) is 3.87. The molecular formula is C27H26ClN3O3. The van der Waals surface area contributed by atoms with Crippen LogP contribution in [-0.2, 0) is 17.8 Å². The number of likely N-dealkylation sites (N-methyl/N-ethyl adjacent to an activating group) is 1. The molecule has 0 radical (unpaired) electrons. The minimum atomic E-state index is -0.0161. The molecule has 1 amide bonds. The molecule has 0 fully saturated rings. The van der Waals surface area contributed by atoms with Crippen LogP contribution in [0.5, 0.6) is 11.5 Å². The highest BCUT2D eigenvalue weighted by molar-refractivity contribution is 6.30. The standard InChI is InChI=1S/C27H26ClN3O3/c1-30(17-19-9-14-24(33-2)25(15-19)34-3)26(32)16-21-18-31(23-7-5-4-6-8-23)29-27(21)20-10-12-22(28)13-11-20/h4-15,18H,16-17H2,1-3H3. The summed E-state index contributed by atoms with van der Waals surface area (Å²) in [4.78, 5) is 14.9. The number of carbonyl (C=O) groups is 1. The number of rotatable bonds is 8. The maximum Gasteiger partial charge on any atom is 0.227 e. The molecule has 6 nitrogen and oxygen atoms in total. The molecule has 0 unspecified atom stereocenters. The van der Waals surface area contributed by atoms with Crippen molar-refractivity contribution in [3.63, 3.8) is 0 Å². The highest BCUT2D eigenvalue weighted by Gasteiger charge is 2.18. The molecule has 4 rings (SSSR count). The third-order valence-corrected chi connectivity index (χ3v) is 5.82. The summed E-state index contributed by atoms with van der Waals surface area (Å²) in [6.45, 7) is 0.447. The van der Waals surface area contributed by atoms with Gasteiger partial charge >= 0.3 is 0 Å². The summed E-state index contributed by atoms with van der Waals surface area (Å²) in [7, 11) is 4.99. The van der Waals surface area contributed by atoms with E-state index in [-0.39, 0.29) is 12.3 Å². The quantitative estimate of drug-likeness (QED) is 0.342. The maximum absolute atomic E-state index is 13.2. The van der Waals surface area contributed by atoms with E-state index < -0.39 is 0 Å². The second-order valence-electron chi connectivity index (χ2n) is 7.91. The van der Waals surface area contributed by atoms with Crippen LogP contribution >= 0.6 is 11.6 Å². The second kappa shape index (κ2) is 10.4. The van der Waals surface area contributed by atoms with Gasteiger partial charge < -0.3 is 14.4 Å². The molecule has 0 aliphatic heterocycles. The lowest BCUT2D eigenvalue weighted by molar-refractivity contribution is -0.129. The van der Waals surface area contributed by atoms with Crippen molar-refractivity contribution in [2.75, 3.05) is 21.3 Å². The van der Waals surface area contributed by atoms with Crippen LogP contribution in [0.4, 0.5) is 0 Å². The van der Waals surface area contributed by atoms with E-state index in [1.54, 1.807) is 30.8 Å². The van der Waals surface area contributed by atoms with Crippen molar-refractivity contribution in [1.29, 1.82) is 0 Å². The van der Waals surface area contributed by atoms with Crippen molar-refractivity contribution in [3.8, 4) is 28.4 Å². The lowest BCUT2D eigenvalue weighted by atomic mass is 10.1. The smallest absolute Gasteiger partial charge is 0.227 e. The van der Waals surface area contributed by atoms with Gasteiger partial charge in [-0.25, -0.2) is 4.68 Å². The maximum atomic E-state index is 13.2. The summed E-state index contributed by atoms with van der Waals surface area (Å²) in [5, 5.41) is 5.44. The Morgan fingerprint density at radius 2 is 1.68 bits per heavy atom. The highest BCUT2D eigenvalue weighted by Crippen LogP contribution is 2.29. The summed E-state index contributed by atoms with van der Waals surface area (Å²) in [6, 6.07) is 23.0. The Balaban J connectivity index is 1.58. The average molecular weight is 476 g/mol. The van der Waals surface area contributed by atoms with Gasteiger partial charge in [-0.1, -0.05) is 48.0 Å². The van der Waals surface area contributed by atoms with Crippen LogP contribution in [-0.4, -0.2) is 41.9 Å². The van der Waals surface area contributed by atoms with Crippen LogP contribution in [0.3, 0.4) is 0 Å². The number of halogens is 1. The zero-order chi connectivity index (χ0) is 24.1. The highest BCUT2D eigenvalue weighted by atomic mass is 35.5. The Hall–Kier alpha value is -3.77. The summed E-state index contributed by atoms with van der Waals surface area (Å²) >= 11 is 6.08. The van der Waals surface area contributed by atoms with Gasteiger partial charge in [0, 0.05) is 35.9 Å². The number of para-hydroxylation sites is 1. The van der Waals surface area contributed by atoms with Gasteiger partial charge in [0.2, 0.25) is 5.91 Å². The Morgan fingerprint density at radius 1 is 0.971 bits per heavy atom. The molecule has 0 N–H and O–H groups in total. The minimum Gasteiger partial charge on any atom is -0.493 e. The third-order valence-electron chi connectivity index (χ3n) is 5.56. The predicted octanol–water partition coefficient (Wildman–Crippen LogP) is 5.41. The molecule has 174 valence electrons. The SMILES string of the molecule is COc1ccc(CN(C)C(=O)Cc2cn(-c3ccccc3)nc2-c2ccc(Cl)cc2)cc1OC. The van der Waals surface area contributed by atoms with E-state index in [2.05, 4.69) is 0 Å². The van der Waals surface area contributed by atoms with Crippen molar-refractivity contribution in [1.82, 2.24) is 14.7 Å². The summed E-state index contributed by atoms with van der Waals surface area (Å²) in [6.07, 6.45) is 2.13. The van der Waals surface area contributed by atoms with Crippen molar-refractivity contribution >= 4 is 17.5 Å². The van der Waals surface area contributed by atoms with E-state index in [9.17, 15) is 4.79 Å². The molecule has 4 aromatic rings. The molecule has 0 saturated carbocycles. The van der Waals surface area contributed by atoms with Gasteiger partial charge in [0.05, 0.1) is 32.0 Å². The number of aromatic nitrogens is 2. The van der Waals surface area contributed by atoms with Crippen LogP contribution in [0, 0.1) is 0 Å². The number of nitrogens with zero attached hydrogens (tertiary/aromatic N) is 3. The summed E-state index contributed by atoms with van der Waals surface area (Å²) < 4.78 is 12.5. The van der Waals surface area contributed by atoms with E-state index in [4.69, 9.17) is 26.2 Å². The molecule has 0 aliphatic rings. The number of ether oxygens (including phenoxy) is 2. The molecule has 0 atom stereocenters. The van der Waals surface area contributed by atoms with Crippen LogP contribution in [0.2, 0.25) is 5.02 Å². The molecule has 7 heteroatoms. The first-order valence-corrected chi connectivity index (χ1v) is 11.2. The van der Waals surface area contributed by atoms with Gasteiger partial charge in [-0.3, -0.25) is 4.79 Å². The van der Waals surface area contributed by atoms with E-state index >= 15 is 0 Å². The fourth-order valence-electron chi connectivity index (χ4n) is 3.74. The normalized spacial score (nSPS) is 10.7. The Labute approximate surface area is 204 Å². The molecule has 0 spiro atoms. The first-order chi connectivity index (χ1) is 16.5. The summed E-state index contributed by atoms with van der Waals surface area (Å²) in [5.41, 5.74) is 4.38. The molecule has 34 heavy (non-hydrogen) atoms. The van der Waals surface area contributed by atoms with Gasteiger partial charge in [0.25, 0.3) is 0 Å². The van der Waals surface area contributed by atoms with Crippen LogP contribution in [0.15, 0.2) is 79.0 Å². The van der Waals surface area contributed by atoms with Crippen molar-refractivity contribution < 1.29 is 14.3 Å². The minimum absolute atomic E-state index is 0.0161. The molecular weight excluding hydrogens is 450 g/mol. The first-order valence-electron chi connectivity index (χ1n) is 10.8. The zero-order valence-corrected chi connectivity index (χ0v) is 20.1. The lowest BCUT2D eigenvalue weighted by Gasteiger charge is -2.18. The van der Waals surface area contributed by atoms with Crippen molar-refractivity contribution in [2.45, 2.75) is 13.0 Å². The Morgan fingerprint density at radius 3 is 2.35 bits per heavy atom. The predicted molar refractivity (Wildman–Crippen MR) is 134 cm³/mol. The fraction of sp³-hybridized carbons (Fsp3) is 0.185. The summed E-state index contributed by atoms with van der Waals surface area (Å²) in [5.74, 6) is 1.27. The Bertz CT molecular complexity index is 1270. The largest absolute Gasteiger partial charge is 0.493 e. The van der Waals surface area contributed by atoms with E-state index in [1.165, 1.54) is 0 Å². The lowest BCUT2D eigenvalue weighted by Crippen LogP contribution is -2.27.